The van der Waals surface area contributed by atoms with E-state index in [0.29, 0.717) is 0 Å². The molecule has 0 saturated heterocycles. The zero-order valence-electron chi connectivity index (χ0n) is 9.53. The molecule has 16 heavy (non-hydrogen) atoms. The Labute approximate surface area is 96.1 Å². The summed E-state index contributed by atoms with van der Waals surface area (Å²) in [5.41, 5.74) is 3.73. The van der Waals surface area contributed by atoms with Crippen LogP contribution in [-0.2, 0) is 6.42 Å². The highest BCUT2D eigenvalue weighted by Crippen LogP contribution is 2.21. The zero-order chi connectivity index (χ0) is 11.4. The van der Waals surface area contributed by atoms with Gasteiger partial charge in [0, 0.05) is 18.0 Å². The van der Waals surface area contributed by atoms with E-state index in [9.17, 15) is 0 Å². The van der Waals surface area contributed by atoms with E-state index in [2.05, 4.69) is 41.7 Å². The highest BCUT2D eigenvalue weighted by atomic mass is 14.9. The molecule has 1 heterocycles. The van der Waals surface area contributed by atoms with Crippen LogP contribution in [0.2, 0.25) is 0 Å². The van der Waals surface area contributed by atoms with Gasteiger partial charge in [0.05, 0.1) is 0 Å². The lowest BCUT2D eigenvalue weighted by Crippen LogP contribution is -1.92. The summed E-state index contributed by atoms with van der Waals surface area (Å²) in [6.07, 6.45) is 5.68. The van der Waals surface area contributed by atoms with Crippen LogP contribution in [0.1, 0.15) is 18.9 Å². The van der Waals surface area contributed by atoms with Gasteiger partial charge in [-0.2, -0.15) is 0 Å². The predicted molar refractivity (Wildman–Crippen MR) is 67.2 cm³/mol. The molecule has 0 bridgehead atoms. The molecule has 0 radical (unpaired) electrons. The van der Waals surface area contributed by atoms with Crippen LogP contribution in [0.4, 0.5) is 0 Å². The predicted octanol–water partition coefficient (Wildman–Crippen LogP) is 3.59. The average Bonchev–Trinajstić information content (AvgIpc) is 2.80. The van der Waals surface area contributed by atoms with E-state index >= 15 is 0 Å². The molecule has 0 atom stereocenters. The van der Waals surface area contributed by atoms with Crippen molar-refractivity contribution in [3.8, 4) is 11.4 Å². The van der Waals surface area contributed by atoms with E-state index in [-0.39, 0.29) is 0 Å². The Balaban J connectivity index is 2.27. The van der Waals surface area contributed by atoms with Crippen LogP contribution in [0.15, 0.2) is 48.8 Å². The van der Waals surface area contributed by atoms with Gasteiger partial charge in [-0.25, -0.2) is 4.98 Å². The summed E-state index contributed by atoms with van der Waals surface area (Å²) in [4.78, 5) is 7.44. The van der Waals surface area contributed by atoms with Gasteiger partial charge in [0.25, 0.3) is 0 Å². The number of hydrogen-bond acceptors (Lipinski definition) is 1. The van der Waals surface area contributed by atoms with Gasteiger partial charge in [-0.05, 0) is 25.3 Å². The fourth-order valence-electron chi connectivity index (χ4n) is 1.73. The van der Waals surface area contributed by atoms with Crippen LogP contribution >= 0.6 is 0 Å². The molecule has 1 N–H and O–H groups in total. The zero-order valence-corrected chi connectivity index (χ0v) is 9.53. The second-order valence-corrected chi connectivity index (χ2v) is 4.05. The molecule has 0 spiro atoms. The molecule has 0 aliphatic heterocycles. The minimum absolute atomic E-state index is 0.942. The van der Waals surface area contributed by atoms with Gasteiger partial charge in [-0.15, -0.1) is 6.58 Å². The number of imidazole rings is 1. The number of hydrogen-bond donors (Lipinski definition) is 1. The quantitative estimate of drug-likeness (QED) is 0.771. The van der Waals surface area contributed by atoms with E-state index in [0.717, 1.165) is 18.7 Å². The third kappa shape index (κ3) is 2.40. The fraction of sp³-hybridized carbons (Fsp3) is 0.214. The van der Waals surface area contributed by atoms with Gasteiger partial charge in [-0.1, -0.05) is 29.8 Å². The normalized spacial score (nSPS) is 10.3. The molecule has 0 aliphatic carbocycles. The maximum atomic E-state index is 4.30. The lowest BCUT2D eigenvalue weighted by atomic mass is 10.0. The Morgan fingerprint density at radius 1 is 1.38 bits per heavy atom. The minimum Gasteiger partial charge on any atom is -0.345 e. The number of rotatable bonds is 4. The maximum Gasteiger partial charge on any atom is 0.137 e. The van der Waals surface area contributed by atoms with E-state index in [1.165, 1.54) is 16.7 Å². The Morgan fingerprint density at radius 2 is 2.19 bits per heavy atom. The largest absolute Gasteiger partial charge is 0.345 e. The molecule has 82 valence electrons. The van der Waals surface area contributed by atoms with Crippen LogP contribution in [0, 0.1) is 0 Å². The first-order valence-corrected chi connectivity index (χ1v) is 5.49. The van der Waals surface area contributed by atoms with E-state index in [4.69, 9.17) is 0 Å². The molecule has 1 aromatic carbocycles. The molecule has 0 aliphatic rings. The Hall–Kier alpha value is -1.83. The van der Waals surface area contributed by atoms with Gasteiger partial charge in [-0.3, -0.25) is 0 Å². The summed E-state index contributed by atoms with van der Waals surface area (Å²) in [5, 5.41) is 0. The van der Waals surface area contributed by atoms with Crippen LogP contribution in [-0.4, -0.2) is 9.97 Å². The van der Waals surface area contributed by atoms with Gasteiger partial charge >= 0.3 is 0 Å². The van der Waals surface area contributed by atoms with Crippen LogP contribution in [0.5, 0.6) is 0 Å². The third-order valence-electron chi connectivity index (χ3n) is 2.59. The average molecular weight is 212 g/mol. The van der Waals surface area contributed by atoms with Crippen molar-refractivity contribution in [1.29, 1.82) is 0 Å². The van der Waals surface area contributed by atoms with Crippen LogP contribution in [0.3, 0.4) is 0 Å². The van der Waals surface area contributed by atoms with Crippen molar-refractivity contribution in [3.63, 3.8) is 0 Å². The summed E-state index contributed by atoms with van der Waals surface area (Å²) in [5.74, 6) is 0.942. The summed E-state index contributed by atoms with van der Waals surface area (Å²) >= 11 is 0. The van der Waals surface area contributed by atoms with Gasteiger partial charge < -0.3 is 4.98 Å². The maximum absolute atomic E-state index is 4.30. The fourth-order valence-corrected chi connectivity index (χ4v) is 1.73. The number of H-pyrrole nitrogens is 1. The number of aryl methyl sites for hydroxylation is 1. The lowest BCUT2D eigenvalue weighted by molar-refractivity contribution is 0.945. The lowest BCUT2D eigenvalue weighted by Gasteiger charge is -2.07. The van der Waals surface area contributed by atoms with Crippen molar-refractivity contribution in [3.05, 3.63) is 54.4 Å². The summed E-state index contributed by atoms with van der Waals surface area (Å²) in [6.45, 7) is 6.00. The molecule has 2 heteroatoms. The minimum atomic E-state index is 0.942. The van der Waals surface area contributed by atoms with Crippen LogP contribution < -0.4 is 0 Å². The first-order chi connectivity index (χ1) is 7.77. The number of aromatic amines is 1. The Kier molecular flexibility index (Phi) is 3.20. The first-order valence-electron chi connectivity index (χ1n) is 5.49. The summed E-state index contributed by atoms with van der Waals surface area (Å²) < 4.78 is 0. The molecule has 2 rings (SSSR count). The molecule has 2 aromatic rings. The van der Waals surface area contributed by atoms with Gasteiger partial charge in [0.2, 0.25) is 0 Å². The molecule has 0 fully saturated rings. The summed E-state index contributed by atoms with van der Waals surface area (Å²) in [7, 11) is 0. The van der Waals surface area contributed by atoms with Gasteiger partial charge in [0.15, 0.2) is 0 Å². The molecule has 1 aromatic heterocycles. The van der Waals surface area contributed by atoms with E-state index < -0.39 is 0 Å². The number of allylic oxidation sites excluding steroid dienone is 1. The first kappa shape index (κ1) is 10.7. The number of aromatic nitrogens is 2. The molecule has 0 saturated carbocycles. The van der Waals surface area contributed by atoms with Crippen molar-refractivity contribution in [2.75, 3.05) is 0 Å². The van der Waals surface area contributed by atoms with Crippen molar-refractivity contribution in [1.82, 2.24) is 9.97 Å². The van der Waals surface area contributed by atoms with Crippen LogP contribution in [0.25, 0.3) is 11.4 Å². The van der Waals surface area contributed by atoms with Crippen molar-refractivity contribution < 1.29 is 0 Å². The molecular formula is C14H16N2. The smallest absolute Gasteiger partial charge is 0.137 e. The molecule has 0 unspecified atom stereocenters. The van der Waals surface area contributed by atoms with E-state index in [1.54, 1.807) is 6.20 Å². The van der Waals surface area contributed by atoms with Crippen molar-refractivity contribution in [2.24, 2.45) is 0 Å². The number of nitrogens with one attached hydrogen (secondary N) is 1. The molecule has 0 amide bonds. The summed E-state index contributed by atoms with van der Waals surface area (Å²) in [6, 6.07) is 8.37. The molecule has 2 nitrogen and oxygen atoms in total. The number of benzene rings is 1. The monoisotopic (exact) mass is 212 g/mol. The highest BCUT2D eigenvalue weighted by Gasteiger charge is 2.05. The highest BCUT2D eigenvalue weighted by molar-refractivity contribution is 5.60. The second kappa shape index (κ2) is 4.79. The topological polar surface area (TPSA) is 28.7 Å². The SMILES string of the molecule is C=C(C)CCc1ccccc1-c1ncc[nH]1. The van der Waals surface area contributed by atoms with Gasteiger partial charge in [0.1, 0.15) is 5.82 Å². The number of nitrogens with zero attached hydrogens (tertiary/aromatic N) is 1. The Bertz CT molecular complexity index is 469. The second-order valence-electron chi connectivity index (χ2n) is 4.05. The van der Waals surface area contributed by atoms with Crippen molar-refractivity contribution >= 4 is 0 Å². The van der Waals surface area contributed by atoms with E-state index in [1.807, 2.05) is 12.3 Å². The third-order valence-corrected chi connectivity index (χ3v) is 2.59. The van der Waals surface area contributed by atoms with Crippen molar-refractivity contribution in [2.45, 2.75) is 19.8 Å². The Morgan fingerprint density at radius 3 is 2.88 bits per heavy atom. The molecular weight excluding hydrogens is 196 g/mol. The standard InChI is InChI=1S/C14H16N2/c1-11(2)7-8-12-5-3-4-6-13(12)14-15-9-10-16-14/h3-6,9-10H,1,7-8H2,2H3,(H,15,16).